The van der Waals surface area contributed by atoms with Crippen LogP contribution in [0.25, 0.3) is 11.3 Å². The molecule has 0 fully saturated rings. The summed E-state index contributed by atoms with van der Waals surface area (Å²) in [4.78, 5) is 27.0. The zero-order chi connectivity index (χ0) is 17.8. The first kappa shape index (κ1) is 16.4. The van der Waals surface area contributed by atoms with Gasteiger partial charge in [0.25, 0.3) is 0 Å². The Hall–Kier alpha value is -3.48. The molecule has 1 amide bonds. The van der Waals surface area contributed by atoms with E-state index in [1.54, 1.807) is 12.1 Å². The number of carbonyl (C=O) groups excluding carboxylic acids is 2. The molecule has 3 rings (SSSR count). The van der Waals surface area contributed by atoms with Gasteiger partial charge in [0.1, 0.15) is 5.82 Å². The number of ether oxygens (including phenoxy) is 1. The topological polar surface area (TPSA) is 95.4 Å². The molecule has 0 aliphatic rings. The summed E-state index contributed by atoms with van der Waals surface area (Å²) >= 11 is 0. The minimum Gasteiger partial charge on any atom is -0.452 e. The maximum Gasteiger partial charge on any atom is 0.338 e. The van der Waals surface area contributed by atoms with Crippen LogP contribution in [0.4, 0.5) is 4.39 Å². The number of aromatic nitrogens is 1. The second-order valence-electron chi connectivity index (χ2n) is 5.14. The maximum absolute atomic E-state index is 12.9. The summed E-state index contributed by atoms with van der Waals surface area (Å²) in [7, 11) is 0. The van der Waals surface area contributed by atoms with Crippen LogP contribution in [0.2, 0.25) is 0 Å². The van der Waals surface area contributed by atoms with Gasteiger partial charge in [0, 0.05) is 11.1 Å². The smallest absolute Gasteiger partial charge is 0.338 e. The molecule has 2 aromatic carbocycles. The number of carbonyl (C=O) groups is 2. The maximum atomic E-state index is 12.9. The summed E-state index contributed by atoms with van der Waals surface area (Å²) in [5, 5.41) is 0. The van der Waals surface area contributed by atoms with Crippen LogP contribution < -0.4 is 5.73 Å². The van der Waals surface area contributed by atoms with E-state index < -0.39 is 11.9 Å². The number of nitrogens with two attached hydrogens (primary N) is 1. The van der Waals surface area contributed by atoms with Crippen molar-refractivity contribution in [1.29, 1.82) is 0 Å². The van der Waals surface area contributed by atoms with Gasteiger partial charge >= 0.3 is 5.97 Å². The fraction of sp³-hybridized carbons (Fsp3) is 0.0556. The number of primary amides is 1. The number of hydrogen-bond donors (Lipinski definition) is 1. The van der Waals surface area contributed by atoms with Gasteiger partial charge in [-0.25, -0.2) is 14.2 Å². The van der Waals surface area contributed by atoms with Gasteiger partial charge in [-0.15, -0.1) is 0 Å². The van der Waals surface area contributed by atoms with Crippen molar-refractivity contribution in [3.8, 4) is 11.3 Å². The van der Waals surface area contributed by atoms with E-state index in [0.717, 1.165) is 0 Å². The van der Waals surface area contributed by atoms with E-state index in [1.165, 1.54) is 42.6 Å². The van der Waals surface area contributed by atoms with E-state index in [-0.39, 0.29) is 23.9 Å². The van der Waals surface area contributed by atoms with Gasteiger partial charge in [0.15, 0.2) is 12.4 Å². The molecule has 25 heavy (non-hydrogen) atoms. The Labute approximate surface area is 142 Å². The minimum atomic E-state index is -0.586. The van der Waals surface area contributed by atoms with Crippen LogP contribution in [0.15, 0.2) is 59.1 Å². The number of benzene rings is 2. The molecule has 6 nitrogen and oxygen atoms in total. The van der Waals surface area contributed by atoms with Gasteiger partial charge in [-0.1, -0.05) is 0 Å². The summed E-state index contributed by atoms with van der Waals surface area (Å²) in [6.07, 6.45) is 1.47. The third-order valence-corrected chi connectivity index (χ3v) is 3.41. The summed E-state index contributed by atoms with van der Waals surface area (Å²) in [5.74, 6) is -0.858. The van der Waals surface area contributed by atoms with Gasteiger partial charge in [0.05, 0.1) is 11.8 Å². The first-order chi connectivity index (χ1) is 12.0. The van der Waals surface area contributed by atoms with Crippen molar-refractivity contribution in [2.75, 3.05) is 0 Å². The van der Waals surface area contributed by atoms with Crippen molar-refractivity contribution >= 4 is 11.9 Å². The fourth-order valence-corrected chi connectivity index (χ4v) is 2.11. The van der Waals surface area contributed by atoms with E-state index >= 15 is 0 Å². The van der Waals surface area contributed by atoms with Crippen molar-refractivity contribution in [1.82, 2.24) is 4.98 Å². The Bertz CT molecular complexity index is 902. The summed E-state index contributed by atoms with van der Waals surface area (Å²) in [6, 6.07) is 11.5. The average Bonchev–Trinajstić information content (AvgIpc) is 3.09. The Morgan fingerprint density at radius 2 is 1.68 bits per heavy atom. The fourth-order valence-electron chi connectivity index (χ4n) is 2.11. The van der Waals surface area contributed by atoms with Crippen molar-refractivity contribution < 1.29 is 23.1 Å². The molecular formula is C18H13FN2O4. The summed E-state index contributed by atoms with van der Waals surface area (Å²) < 4.78 is 23.5. The normalized spacial score (nSPS) is 10.4. The van der Waals surface area contributed by atoms with E-state index in [4.69, 9.17) is 14.9 Å². The molecule has 0 aliphatic heterocycles. The molecule has 2 N–H and O–H groups in total. The molecule has 0 aliphatic carbocycles. The molecule has 3 aromatic rings. The average molecular weight is 340 g/mol. The van der Waals surface area contributed by atoms with Crippen LogP contribution in [-0.4, -0.2) is 16.9 Å². The van der Waals surface area contributed by atoms with Gasteiger partial charge in [-0.05, 0) is 48.5 Å². The molecule has 7 heteroatoms. The van der Waals surface area contributed by atoms with Crippen molar-refractivity contribution in [3.05, 3.63) is 77.6 Å². The molecule has 1 aromatic heterocycles. The second-order valence-corrected chi connectivity index (χ2v) is 5.14. The molecule has 0 spiro atoms. The predicted octanol–water partition coefficient (Wildman–Crippen LogP) is 2.94. The Morgan fingerprint density at radius 3 is 2.32 bits per heavy atom. The Balaban J connectivity index is 1.62. The Kier molecular flexibility index (Phi) is 4.56. The lowest BCUT2D eigenvalue weighted by atomic mass is 10.1. The van der Waals surface area contributed by atoms with E-state index in [0.29, 0.717) is 16.9 Å². The van der Waals surface area contributed by atoms with Gasteiger partial charge in [-0.2, -0.15) is 0 Å². The summed E-state index contributed by atoms with van der Waals surface area (Å²) in [5.41, 5.74) is 6.37. The largest absolute Gasteiger partial charge is 0.452 e. The number of amides is 1. The van der Waals surface area contributed by atoms with Crippen molar-refractivity contribution in [2.45, 2.75) is 6.61 Å². The first-order valence-electron chi connectivity index (χ1n) is 7.30. The number of rotatable bonds is 5. The van der Waals surface area contributed by atoms with Crippen LogP contribution >= 0.6 is 0 Å². The number of esters is 1. The minimum absolute atomic E-state index is 0.155. The van der Waals surface area contributed by atoms with E-state index in [2.05, 4.69) is 4.98 Å². The quantitative estimate of drug-likeness (QED) is 0.721. The van der Waals surface area contributed by atoms with Crippen molar-refractivity contribution in [3.63, 3.8) is 0 Å². The number of hydrogen-bond acceptors (Lipinski definition) is 5. The van der Waals surface area contributed by atoms with Gasteiger partial charge < -0.3 is 14.9 Å². The standard InChI is InChI=1S/C18H13FN2O4/c19-14-7-5-11(6-8-14)15-9-21-16(25-15)10-24-18(23)13-3-1-12(2-4-13)17(20)22/h1-9H,10H2,(H2,20,22). The first-order valence-corrected chi connectivity index (χ1v) is 7.30. The third kappa shape index (κ3) is 3.89. The highest BCUT2D eigenvalue weighted by atomic mass is 19.1. The van der Waals surface area contributed by atoms with Crippen molar-refractivity contribution in [2.24, 2.45) is 5.73 Å². The van der Waals surface area contributed by atoms with Crippen LogP contribution in [0.1, 0.15) is 26.6 Å². The molecule has 0 saturated carbocycles. The highest BCUT2D eigenvalue weighted by molar-refractivity contribution is 5.95. The molecular weight excluding hydrogens is 327 g/mol. The van der Waals surface area contributed by atoms with Gasteiger partial charge in [0.2, 0.25) is 11.8 Å². The molecule has 126 valence electrons. The Morgan fingerprint density at radius 1 is 1.04 bits per heavy atom. The number of halogens is 1. The van der Waals surface area contributed by atoms with Crippen LogP contribution in [0.3, 0.4) is 0 Å². The van der Waals surface area contributed by atoms with Crippen LogP contribution in [-0.2, 0) is 11.3 Å². The van der Waals surface area contributed by atoms with E-state index in [9.17, 15) is 14.0 Å². The highest BCUT2D eigenvalue weighted by Crippen LogP contribution is 2.21. The lowest BCUT2D eigenvalue weighted by Crippen LogP contribution is -2.11. The molecule has 1 heterocycles. The number of oxazole rings is 1. The van der Waals surface area contributed by atoms with Gasteiger partial charge in [-0.3, -0.25) is 4.79 Å². The second kappa shape index (κ2) is 6.96. The lowest BCUT2D eigenvalue weighted by Gasteiger charge is -2.03. The molecule has 0 bridgehead atoms. The lowest BCUT2D eigenvalue weighted by molar-refractivity contribution is 0.0438. The summed E-state index contributed by atoms with van der Waals surface area (Å²) in [6.45, 7) is -0.155. The molecule has 0 unspecified atom stereocenters. The zero-order valence-corrected chi connectivity index (χ0v) is 12.9. The zero-order valence-electron chi connectivity index (χ0n) is 12.9. The number of nitrogens with zero attached hydrogens (tertiary/aromatic N) is 1. The van der Waals surface area contributed by atoms with E-state index in [1.807, 2.05) is 0 Å². The predicted molar refractivity (Wildman–Crippen MR) is 86.0 cm³/mol. The third-order valence-electron chi connectivity index (χ3n) is 3.41. The van der Waals surface area contributed by atoms with Crippen LogP contribution in [0, 0.1) is 5.82 Å². The highest BCUT2D eigenvalue weighted by Gasteiger charge is 2.12. The van der Waals surface area contributed by atoms with Crippen LogP contribution in [0.5, 0.6) is 0 Å². The molecule has 0 atom stereocenters. The SMILES string of the molecule is NC(=O)c1ccc(C(=O)OCc2ncc(-c3ccc(F)cc3)o2)cc1. The monoisotopic (exact) mass is 340 g/mol. The molecule has 0 saturated heterocycles. The molecule has 0 radical (unpaired) electrons.